The van der Waals surface area contributed by atoms with Gasteiger partial charge in [0.2, 0.25) is 0 Å². The third kappa shape index (κ3) is 2.93. The van der Waals surface area contributed by atoms with Crippen LogP contribution >= 0.6 is 0 Å². The SMILES string of the molecule is C=CCNCC(C)Oc1ccc2oc3ccccc3c2c1. The van der Waals surface area contributed by atoms with Gasteiger partial charge in [0.05, 0.1) is 0 Å². The molecular weight excluding hydrogens is 262 g/mol. The maximum Gasteiger partial charge on any atom is 0.135 e. The molecule has 0 saturated carbocycles. The van der Waals surface area contributed by atoms with Gasteiger partial charge in [-0.25, -0.2) is 0 Å². The molecule has 0 amide bonds. The maximum absolute atomic E-state index is 5.95. The normalized spacial score (nSPS) is 12.6. The summed E-state index contributed by atoms with van der Waals surface area (Å²) in [6.07, 6.45) is 1.94. The molecule has 0 radical (unpaired) electrons. The molecule has 0 aliphatic heterocycles. The van der Waals surface area contributed by atoms with Crippen LogP contribution in [0.4, 0.5) is 0 Å². The Labute approximate surface area is 124 Å². The number of benzene rings is 2. The van der Waals surface area contributed by atoms with Crippen molar-refractivity contribution in [2.75, 3.05) is 13.1 Å². The van der Waals surface area contributed by atoms with Crippen molar-refractivity contribution in [3.05, 3.63) is 55.1 Å². The number of nitrogens with one attached hydrogen (secondary N) is 1. The summed E-state index contributed by atoms with van der Waals surface area (Å²) in [5.41, 5.74) is 1.80. The Morgan fingerprint density at radius 3 is 2.86 bits per heavy atom. The van der Waals surface area contributed by atoms with Crippen LogP contribution in [0.3, 0.4) is 0 Å². The van der Waals surface area contributed by atoms with E-state index < -0.39 is 0 Å². The summed E-state index contributed by atoms with van der Waals surface area (Å²) in [5, 5.41) is 5.47. The predicted molar refractivity (Wildman–Crippen MR) is 86.9 cm³/mol. The molecule has 0 fully saturated rings. The Morgan fingerprint density at radius 2 is 2.00 bits per heavy atom. The lowest BCUT2D eigenvalue weighted by molar-refractivity contribution is 0.219. The fraction of sp³-hybridized carbons (Fsp3) is 0.222. The Kier molecular flexibility index (Phi) is 3.93. The number of hydrogen-bond acceptors (Lipinski definition) is 3. The van der Waals surface area contributed by atoms with E-state index in [1.807, 2.05) is 49.4 Å². The highest BCUT2D eigenvalue weighted by atomic mass is 16.5. The van der Waals surface area contributed by atoms with Gasteiger partial charge in [-0.1, -0.05) is 24.3 Å². The molecule has 1 heterocycles. The van der Waals surface area contributed by atoms with Crippen LogP contribution in [-0.4, -0.2) is 19.2 Å². The van der Waals surface area contributed by atoms with Gasteiger partial charge in [-0.3, -0.25) is 0 Å². The van der Waals surface area contributed by atoms with Crippen molar-refractivity contribution in [3.63, 3.8) is 0 Å². The van der Waals surface area contributed by atoms with Crippen molar-refractivity contribution in [2.24, 2.45) is 0 Å². The second kappa shape index (κ2) is 6.02. The zero-order chi connectivity index (χ0) is 14.7. The molecule has 1 N–H and O–H groups in total. The van der Waals surface area contributed by atoms with Gasteiger partial charge in [0.15, 0.2) is 0 Å². The minimum atomic E-state index is 0.0977. The smallest absolute Gasteiger partial charge is 0.135 e. The molecule has 1 atom stereocenters. The molecule has 0 aliphatic rings. The average Bonchev–Trinajstić information content (AvgIpc) is 2.86. The fourth-order valence-electron chi connectivity index (χ4n) is 2.44. The third-order valence-corrected chi connectivity index (χ3v) is 3.41. The van der Waals surface area contributed by atoms with Crippen LogP contribution in [0.5, 0.6) is 5.75 Å². The molecule has 21 heavy (non-hydrogen) atoms. The van der Waals surface area contributed by atoms with E-state index in [0.717, 1.165) is 40.8 Å². The summed E-state index contributed by atoms with van der Waals surface area (Å²) in [6.45, 7) is 7.31. The van der Waals surface area contributed by atoms with Crippen LogP contribution in [0.25, 0.3) is 21.9 Å². The molecule has 3 heteroatoms. The number of ether oxygens (including phenoxy) is 1. The molecule has 0 saturated heterocycles. The Balaban J connectivity index is 1.83. The van der Waals surface area contributed by atoms with E-state index in [2.05, 4.69) is 18.0 Å². The van der Waals surface area contributed by atoms with Crippen molar-refractivity contribution in [1.29, 1.82) is 0 Å². The van der Waals surface area contributed by atoms with E-state index in [-0.39, 0.29) is 6.10 Å². The van der Waals surface area contributed by atoms with Crippen LogP contribution in [0.1, 0.15) is 6.92 Å². The second-order valence-corrected chi connectivity index (χ2v) is 5.13. The predicted octanol–water partition coefficient (Wildman–Crippen LogP) is 4.13. The summed E-state index contributed by atoms with van der Waals surface area (Å²) in [5.74, 6) is 0.863. The highest BCUT2D eigenvalue weighted by Crippen LogP contribution is 2.31. The van der Waals surface area contributed by atoms with Gasteiger partial charge in [0.1, 0.15) is 23.0 Å². The number of furan rings is 1. The van der Waals surface area contributed by atoms with E-state index in [4.69, 9.17) is 9.15 Å². The summed E-state index contributed by atoms with van der Waals surface area (Å²) in [6, 6.07) is 14.0. The maximum atomic E-state index is 5.95. The first-order chi connectivity index (χ1) is 10.3. The molecular formula is C18H19NO2. The minimum absolute atomic E-state index is 0.0977. The molecule has 108 valence electrons. The highest BCUT2D eigenvalue weighted by molar-refractivity contribution is 6.05. The van der Waals surface area contributed by atoms with Gasteiger partial charge in [0, 0.05) is 23.9 Å². The molecule has 3 nitrogen and oxygen atoms in total. The van der Waals surface area contributed by atoms with E-state index in [9.17, 15) is 0 Å². The number of rotatable bonds is 6. The van der Waals surface area contributed by atoms with Crippen LogP contribution < -0.4 is 10.1 Å². The monoisotopic (exact) mass is 281 g/mol. The minimum Gasteiger partial charge on any atom is -0.489 e. The van der Waals surface area contributed by atoms with Gasteiger partial charge < -0.3 is 14.5 Å². The molecule has 2 aromatic carbocycles. The molecule has 1 unspecified atom stereocenters. The largest absolute Gasteiger partial charge is 0.489 e. The summed E-state index contributed by atoms with van der Waals surface area (Å²) >= 11 is 0. The first kappa shape index (κ1) is 13.7. The molecule has 3 aromatic rings. The number of hydrogen-bond donors (Lipinski definition) is 1. The highest BCUT2D eigenvalue weighted by Gasteiger charge is 2.09. The molecule has 1 aromatic heterocycles. The topological polar surface area (TPSA) is 34.4 Å². The lowest BCUT2D eigenvalue weighted by Gasteiger charge is -2.14. The standard InChI is InChI=1S/C18H19NO2/c1-3-10-19-12-13(2)20-14-8-9-18-16(11-14)15-6-4-5-7-17(15)21-18/h3-9,11,13,19H,1,10,12H2,2H3. The first-order valence-electron chi connectivity index (χ1n) is 7.17. The van der Waals surface area contributed by atoms with E-state index in [1.165, 1.54) is 0 Å². The van der Waals surface area contributed by atoms with Gasteiger partial charge in [-0.15, -0.1) is 6.58 Å². The van der Waals surface area contributed by atoms with E-state index in [1.54, 1.807) is 0 Å². The Bertz CT molecular complexity index is 760. The molecule has 3 rings (SSSR count). The van der Waals surface area contributed by atoms with Gasteiger partial charge >= 0.3 is 0 Å². The summed E-state index contributed by atoms with van der Waals surface area (Å²) in [4.78, 5) is 0. The fourth-order valence-corrected chi connectivity index (χ4v) is 2.44. The third-order valence-electron chi connectivity index (χ3n) is 3.41. The summed E-state index contributed by atoms with van der Waals surface area (Å²) in [7, 11) is 0. The Morgan fingerprint density at radius 1 is 1.19 bits per heavy atom. The second-order valence-electron chi connectivity index (χ2n) is 5.13. The van der Waals surface area contributed by atoms with Crippen LogP contribution in [0.15, 0.2) is 59.5 Å². The van der Waals surface area contributed by atoms with Gasteiger partial charge in [-0.2, -0.15) is 0 Å². The zero-order valence-electron chi connectivity index (χ0n) is 12.1. The number of fused-ring (bicyclic) bond motifs is 3. The van der Waals surface area contributed by atoms with E-state index in [0.29, 0.717) is 0 Å². The van der Waals surface area contributed by atoms with Crippen molar-refractivity contribution in [3.8, 4) is 5.75 Å². The summed E-state index contributed by atoms with van der Waals surface area (Å²) < 4.78 is 11.8. The molecule has 0 bridgehead atoms. The zero-order valence-corrected chi connectivity index (χ0v) is 12.1. The average molecular weight is 281 g/mol. The number of para-hydroxylation sites is 1. The quantitative estimate of drug-likeness (QED) is 0.545. The van der Waals surface area contributed by atoms with Crippen LogP contribution in [0.2, 0.25) is 0 Å². The van der Waals surface area contributed by atoms with Crippen molar-refractivity contribution in [2.45, 2.75) is 13.0 Å². The lowest BCUT2D eigenvalue weighted by Crippen LogP contribution is -2.28. The molecule has 0 spiro atoms. The first-order valence-corrected chi connectivity index (χ1v) is 7.17. The molecule has 0 aliphatic carbocycles. The van der Waals surface area contributed by atoms with Gasteiger partial charge in [-0.05, 0) is 31.2 Å². The van der Waals surface area contributed by atoms with Crippen LogP contribution in [0, 0.1) is 0 Å². The van der Waals surface area contributed by atoms with Gasteiger partial charge in [0.25, 0.3) is 0 Å². The van der Waals surface area contributed by atoms with Crippen molar-refractivity contribution in [1.82, 2.24) is 5.32 Å². The Hall–Kier alpha value is -2.26. The van der Waals surface area contributed by atoms with Crippen LogP contribution in [-0.2, 0) is 0 Å². The van der Waals surface area contributed by atoms with Crippen molar-refractivity contribution < 1.29 is 9.15 Å². The van der Waals surface area contributed by atoms with E-state index >= 15 is 0 Å². The lowest BCUT2D eigenvalue weighted by atomic mass is 10.1. The van der Waals surface area contributed by atoms with Crippen molar-refractivity contribution >= 4 is 21.9 Å².